The molecule has 0 saturated heterocycles. The van der Waals surface area contributed by atoms with Crippen LogP contribution in [0.25, 0.3) is 23.0 Å². The lowest BCUT2D eigenvalue weighted by Crippen LogP contribution is -2.17. The first-order chi connectivity index (χ1) is 13.2. The lowest BCUT2D eigenvalue weighted by molar-refractivity contribution is 0.143. The van der Waals surface area contributed by atoms with Gasteiger partial charge in [-0.25, -0.2) is 9.97 Å². The van der Waals surface area contributed by atoms with E-state index in [1.165, 1.54) is 17.3 Å². The van der Waals surface area contributed by atoms with E-state index in [-0.39, 0.29) is 6.04 Å². The highest BCUT2D eigenvalue weighted by molar-refractivity contribution is 5.59. The molecule has 2 N–H and O–H groups in total. The summed E-state index contributed by atoms with van der Waals surface area (Å²) in [5, 5.41) is 4.02. The summed E-state index contributed by atoms with van der Waals surface area (Å²) in [6.45, 7) is 0.905. The van der Waals surface area contributed by atoms with Gasteiger partial charge in [0.1, 0.15) is 12.3 Å². The summed E-state index contributed by atoms with van der Waals surface area (Å²) >= 11 is 0. The number of aryl methyl sites for hydroxylation is 1. The summed E-state index contributed by atoms with van der Waals surface area (Å²) in [7, 11) is 1.61. The number of nitrogens with zero attached hydrogens (tertiary/aromatic N) is 4. The zero-order valence-electron chi connectivity index (χ0n) is 15.1. The van der Waals surface area contributed by atoms with Crippen molar-refractivity contribution in [3.8, 4) is 28.9 Å². The summed E-state index contributed by atoms with van der Waals surface area (Å²) in [4.78, 5) is 12.9. The van der Waals surface area contributed by atoms with E-state index in [9.17, 15) is 0 Å². The zero-order chi connectivity index (χ0) is 18.6. The van der Waals surface area contributed by atoms with Gasteiger partial charge >= 0.3 is 0 Å². The van der Waals surface area contributed by atoms with Crippen LogP contribution in [0, 0.1) is 0 Å². The van der Waals surface area contributed by atoms with Crippen molar-refractivity contribution in [3.05, 3.63) is 41.7 Å². The van der Waals surface area contributed by atoms with E-state index in [4.69, 9.17) is 19.7 Å². The Kier molecular flexibility index (Phi) is 5.08. The van der Waals surface area contributed by atoms with Crippen LogP contribution < -0.4 is 10.5 Å². The average Bonchev–Trinajstić information content (AvgIpc) is 3.19. The van der Waals surface area contributed by atoms with E-state index in [0.717, 1.165) is 24.8 Å². The van der Waals surface area contributed by atoms with Crippen molar-refractivity contribution in [2.75, 3.05) is 20.3 Å². The SMILES string of the molecule is COCCOc1cnc(-c2noc(-c3ccc4c(c3)CCCC4N)n2)cn1. The van der Waals surface area contributed by atoms with E-state index >= 15 is 0 Å². The number of benzene rings is 1. The van der Waals surface area contributed by atoms with E-state index in [1.54, 1.807) is 13.3 Å². The van der Waals surface area contributed by atoms with Crippen molar-refractivity contribution in [3.63, 3.8) is 0 Å². The predicted octanol–water partition coefficient (Wildman–Crippen LogP) is 2.55. The Bertz CT molecular complexity index is 910. The zero-order valence-corrected chi connectivity index (χ0v) is 15.1. The molecule has 140 valence electrons. The van der Waals surface area contributed by atoms with Gasteiger partial charge in [-0.15, -0.1) is 0 Å². The summed E-state index contributed by atoms with van der Waals surface area (Å²) in [6.07, 6.45) is 6.24. The Morgan fingerprint density at radius 2 is 2.15 bits per heavy atom. The highest BCUT2D eigenvalue weighted by atomic mass is 16.5. The molecule has 1 atom stereocenters. The molecule has 1 aromatic carbocycles. The van der Waals surface area contributed by atoms with Crippen molar-refractivity contribution in [2.24, 2.45) is 5.73 Å². The highest BCUT2D eigenvalue weighted by Crippen LogP contribution is 2.31. The fraction of sp³-hybridized carbons (Fsp3) is 0.368. The Morgan fingerprint density at radius 1 is 1.22 bits per heavy atom. The van der Waals surface area contributed by atoms with Gasteiger partial charge in [-0.3, -0.25) is 0 Å². The standard InChI is InChI=1S/C19H21N5O3/c1-25-7-8-26-17-11-21-16(10-22-17)18-23-19(27-24-18)13-5-6-14-12(9-13)3-2-4-15(14)20/h5-6,9-11,15H,2-4,7-8,20H2,1H3. The van der Waals surface area contributed by atoms with Crippen LogP contribution in [0.3, 0.4) is 0 Å². The Hall–Kier alpha value is -2.84. The molecule has 0 spiro atoms. The van der Waals surface area contributed by atoms with Crippen molar-refractivity contribution in [2.45, 2.75) is 25.3 Å². The number of methoxy groups -OCH3 is 1. The minimum Gasteiger partial charge on any atom is -0.474 e. The van der Waals surface area contributed by atoms with Crippen molar-refractivity contribution in [1.82, 2.24) is 20.1 Å². The number of aromatic nitrogens is 4. The smallest absolute Gasteiger partial charge is 0.258 e. The van der Waals surface area contributed by atoms with Crippen molar-refractivity contribution < 1.29 is 14.0 Å². The number of ether oxygens (including phenoxy) is 2. The van der Waals surface area contributed by atoms with Gasteiger partial charge in [0, 0.05) is 18.7 Å². The molecule has 27 heavy (non-hydrogen) atoms. The maximum atomic E-state index is 6.18. The number of rotatable bonds is 6. The van der Waals surface area contributed by atoms with Gasteiger partial charge in [0.15, 0.2) is 0 Å². The van der Waals surface area contributed by atoms with Gasteiger partial charge in [-0.1, -0.05) is 11.2 Å². The molecular weight excluding hydrogens is 346 g/mol. The van der Waals surface area contributed by atoms with Gasteiger partial charge in [-0.2, -0.15) is 4.98 Å². The third kappa shape index (κ3) is 3.81. The summed E-state index contributed by atoms with van der Waals surface area (Å²) in [5.74, 6) is 1.26. The number of hydrogen-bond donors (Lipinski definition) is 1. The molecule has 0 amide bonds. The van der Waals surface area contributed by atoms with Crippen molar-refractivity contribution in [1.29, 1.82) is 0 Å². The maximum Gasteiger partial charge on any atom is 0.258 e. The molecule has 0 saturated carbocycles. The quantitative estimate of drug-likeness (QED) is 0.662. The minimum absolute atomic E-state index is 0.112. The second-order valence-electron chi connectivity index (χ2n) is 6.42. The van der Waals surface area contributed by atoms with Crippen LogP contribution in [0.5, 0.6) is 5.88 Å². The van der Waals surface area contributed by atoms with Crippen LogP contribution in [0.2, 0.25) is 0 Å². The highest BCUT2D eigenvalue weighted by Gasteiger charge is 2.19. The largest absolute Gasteiger partial charge is 0.474 e. The molecule has 0 radical (unpaired) electrons. The second-order valence-corrected chi connectivity index (χ2v) is 6.42. The van der Waals surface area contributed by atoms with Crippen LogP contribution in [-0.4, -0.2) is 40.4 Å². The Morgan fingerprint density at radius 3 is 2.96 bits per heavy atom. The Labute approximate surface area is 156 Å². The minimum atomic E-state index is 0.112. The first-order valence-electron chi connectivity index (χ1n) is 8.91. The first-order valence-corrected chi connectivity index (χ1v) is 8.91. The van der Waals surface area contributed by atoms with Gasteiger partial charge in [0.2, 0.25) is 11.7 Å². The number of hydrogen-bond acceptors (Lipinski definition) is 8. The number of nitrogens with two attached hydrogens (primary N) is 1. The molecule has 0 aliphatic heterocycles. The molecule has 3 aromatic rings. The summed E-state index contributed by atoms with van der Waals surface area (Å²) < 4.78 is 15.8. The van der Waals surface area contributed by atoms with Gasteiger partial charge in [0.05, 0.1) is 19.0 Å². The third-order valence-corrected chi connectivity index (χ3v) is 4.57. The van der Waals surface area contributed by atoms with Crippen LogP contribution in [0.1, 0.15) is 30.0 Å². The number of fused-ring (bicyclic) bond motifs is 1. The summed E-state index contributed by atoms with van der Waals surface area (Å²) in [6, 6.07) is 6.23. The molecule has 1 aliphatic rings. The first kappa shape index (κ1) is 17.6. The molecular formula is C19H21N5O3. The normalized spacial score (nSPS) is 16.1. The molecule has 8 nitrogen and oxygen atoms in total. The molecule has 4 rings (SSSR count). The monoisotopic (exact) mass is 367 g/mol. The summed E-state index contributed by atoms with van der Waals surface area (Å²) in [5.41, 5.74) is 10.0. The van der Waals surface area contributed by atoms with Crippen LogP contribution in [-0.2, 0) is 11.2 Å². The topological polar surface area (TPSA) is 109 Å². The molecule has 8 heteroatoms. The fourth-order valence-corrected chi connectivity index (χ4v) is 3.17. The van der Waals surface area contributed by atoms with Gasteiger partial charge in [-0.05, 0) is 42.5 Å². The van der Waals surface area contributed by atoms with E-state index in [0.29, 0.717) is 36.5 Å². The van der Waals surface area contributed by atoms with Crippen LogP contribution in [0.4, 0.5) is 0 Å². The van der Waals surface area contributed by atoms with Gasteiger partial charge < -0.3 is 19.7 Å². The van der Waals surface area contributed by atoms with Gasteiger partial charge in [0.25, 0.3) is 5.89 Å². The Balaban J connectivity index is 1.52. The van der Waals surface area contributed by atoms with E-state index in [1.807, 2.05) is 6.07 Å². The maximum absolute atomic E-state index is 6.18. The fourth-order valence-electron chi connectivity index (χ4n) is 3.17. The molecule has 1 unspecified atom stereocenters. The molecule has 1 aliphatic carbocycles. The molecule has 0 fully saturated rings. The molecule has 2 heterocycles. The average molecular weight is 367 g/mol. The predicted molar refractivity (Wildman–Crippen MR) is 98.0 cm³/mol. The van der Waals surface area contributed by atoms with E-state index < -0.39 is 0 Å². The third-order valence-electron chi connectivity index (χ3n) is 4.57. The molecule has 2 aromatic heterocycles. The lowest BCUT2D eigenvalue weighted by Gasteiger charge is -2.22. The van der Waals surface area contributed by atoms with Crippen molar-refractivity contribution >= 4 is 0 Å². The lowest BCUT2D eigenvalue weighted by atomic mass is 9.87. The van der Waals surface area contributed by atoms with E-state index in [2.05, 4.69) is 32.2 Å². The van der Waals surface area contributed by atoms with Crippen LogP contribution in [0.15, 0.2) is 35.1 Å². The van der Waals surface area contributed by atoms with Crippen LogP contribution >= 0.6 is 0 Å². The second kappa shape index (κ2) is 7.81. The molecule has 0 bridgehead atoms.